The van der Waals surface area contributed by atoms with Gasteiger partial charge in [0.25, 0.3) is 5.91 Å². The van der Waals surface area contributed by atoms with E-state index in [9.17, 15) is 44.7 Å². The third-order valence-electron chi connectivity index (χ3n) is 9.18. The van der Waals surface area contributed by atoms with Gasteiger partial charge >= 0.3 is 0 Å². The second-order valence-electron chi connectivity index (χ2n) is 13.4. The summed E-state index contributed by atoms with van der Waals surface area (Å²) in [6.07, 6.45) is 12.2. The van der Waals surface area contributed by atoms with E-state index in [-0.39, 0.29) is 57.9 Å². The molecule has 0 saturated carbocycles. The summed E-state index contributed by atoms with van der Waals surface area (Å²) in [6, 6.07) is 1.31. The summed E-state index contributed by atoms with van der Waals surface area (Å²) < 4.78 is 0. The first-order valence-corrected chi connectivity index (χ1v) is 16.7. The highest BCUT2D eigenvalue weighted by Gasteiger charge is 2.34. The van der Waals surface area contributed by atoms with Gasteiger partial charge in [0.1, 0.15) is 5.75 Å². The van der Waals surface area contributed by atoms with Crippen molar-refractivity contribution in [3.8, 4) is 5.75 Å². The van der Waals surface area contributed by atoms with E-state index in [0.29, 0.717) is 5.57 Å². The molecule has 3 aliphatic rings. The van der Waals surface area contributed by atoms with Gasteiger partial charge in [0, 0.05) is 47.0 Å². The van der Waals surface area contributed by atoms with Crippen molar-refractivity contribution in [3.05, 3.63) is 111 Å². The Morgan fingerprint density at radius 2 is 1.44 bits per heavy atom. The van der Waals surface area contributed by atoms with Crippen molar-refractivity contribution in [1.82, 2.24) is 5.32 Å². The molecule has 7 atom stereocenters. The zero-order valence-corrected chi connectivity index (χ0v) is 29.7. The highest BCUT2D eigenvalue weighted by Crippen LogP contribution is 2.35. The summed E-state index contributed by atoms with van der Waals surface area (Å²) in [5, 5.41) is 56.3. The van der Waals surface area contributed by atoms with Gasteiger partial charge in [0.2, 0.25) is 5.78 Å². The molecule has 0 saturated heterocycles. The van der Waals surface area contributed by atoms with Crippen LogP contribution in [-0.4, -0.2) is 73.2 Å². The predicted octanol–water partition coefficient (Wildman–Crippen LogP) is 4.92. The number of ketones is 3. The molecule has 1 aliphatic carbocycles. The Balaban J connectivity index is 2.04. The normalized spacial score (nSPS) is 33.2. The van der Waals surface area contributed by atoms with Gasteiger partial charge in [-0.3, -0.25) is 19.2 Å². The molecular weight excluding hydrogens is 638 g/mol. The van der Waals surface area contributed by atoms with Crippen molar-refractivity contribution in [3.63, 3.8) is 0 Å². The average molecular weight is 688 g/mol. The van der Waals surface area contributed by atoms with Crippen LogP contribution in [0, 0.1) is 24.7 Å². The van der Waals surface area contributed by atoms with E-state index in [4.69, 9.17) is 0 Å². The fraction of sp³-hybridized carbons (Fsp3) is 0.400. The van der Waals surface area contributed by atoms with Crippen molar-refractivity contribution in [1.29, 1.82) is 0 Å². The lowest BCUT2D eigenvalue weighted by Crippen LogP contribution is -2.32. The molecule has 0 aromatic heterocycles. The largest absolute Gasteiger partial charge is 0.507 e. The third kappa shape index (κ3) is 9.82. The van der Waals surface area contributed by atoms with Crippen LogP contribution in [0.1, 0.15) is 91.0 Å². The summed E-state index contributed by atoms with van der Waals surface area (Å²) in [4.78, 5) is 53.6. The standard InChI is InChI=1S/C40H49NO9/c1-21-11-9-8-10-12-24(4)40(50)41-30-19-33(45)34-29(39(30)49)18-27(7)38(48)35(34)37(47)26(6)17-25(5)36(46)23(3)14-16-28(42)15-13-22(2)32(44)20-31(21)43/h8-14,16-19,21,23,25,28,31-32,36,42-44,46,48H,15,20H2,1-7H3,(H,41,50)/b10-8-,11-9-,16-14-,22-13-,24-12-,26-17-/t21-,23+,25+,28+,31+,32+,36+/m1/s1. The van der Waals surface area contributed by atoms with E-state index in [1.165, 1.54) is 39.0 Å². The smallest absolute Gasteiger partial charge is 0.251 e. The monoisotopic (exact) mass is 687 g/mol. The van der Waals surface area contributed by atoms with Crippen LogP contribution in [-0.2, 0) is 4.79 Å². The summed E-state index contributed by atoms with van der Waals surface area (Å²) >= 11 is 0. The zero-order valence-electron chi connectivity index (χ0n) is 29.7. The Labute approximate surface area is 293 Å². The van der Waals surface area contributed by atoms with Crippen LogP contribution in [0.4, 0.5) is 0 Å². The van der Waals surface area contributed by atoms with Crippen molar-refractivity contribution in [2.24, 2.45) is 17.8 Å². The number of hydrogen-bond donors (Lipinski definition) is 6. The fourth-order valence-electron chi connectivity index (χ4n) is 5.71. The lowest BCUT2D eigenvalue weighted by Gasteiger charge is -2.22. The number of nitrogens with one attached hydrogen (secondary N) is 1. The Bertz CT molecular complexity index is 1720. The number of fused-ring (bicyclic) bond motifs is 18. The maximum absolute atomic E-state index is 13.8. The minimum Gasteiger partial charge on any atom is -0.507 e. The number of phenolic OH excluding ortho intramolecular Hbond substituents is 1. The first-order valence-electron chi connectivity index (χ1n) is 16.7. The van der Waals surface area contributed by atoms with Crippen LogP contribution >= 0.6 is 0 Å². The second kappa shape index (κ2) is 17.4. The molecule has 10 heteroatoms. The number of allylic oxidation sites excluding steroid dienone is 7. The van der Waals surface area contributed by atoms with Crippen LogP contribution in [0.2, 0.25) is 0 Å². The molecule has 2 heterocycles. The second-order valence-corrected chi connectivity index (χ2v) is 13.4. The first kappa shape index (κ1) is 40.0. The molecule has 0 radical (unpaired) electrons. The molecule has 2 aliphatic heterocycles. The summed E-state index contributed by atoms with van der Waals surface area (Å²) in [7, 11) is 0. The number of benzene rings is 1. The summed E-state index contributed by atoms with van der Waals surface area (Å²) in [5.41, 5.74) is 0.137. The number of aliphatic hydroxyl groups excluding tert-OH is 4. The number of hydrogen-bond acceptors (Lipinski definition) is 9. The van der Waals surface area contributed by atoms with Crippen LogP contribution < -0.4 is 5.32 Å². The molecule has 0 spiro atoms. The van der Waals surface area contributed by atoms with Gasteiger partial charge in [-0.15, -0.1) is 0 Å². The predicted molar refractivity (Wildman–Crippen MR) is 192 cm³/mol. The zero-order chi connectivity index (χ0) is 37.4. The maximum atomic E-state index is 13.8. The molecule has 1 aromatic carbocycles. The third-order valence-corrected chi connectivity index (χ3v) is 9.18. The van der Waals surface area contributed by atoms with Gasteiger partial charge in [-0.25, -0.2) is 0 Å². The Hall–Kier alpha value is -4.48. The van der Waals surface area contributed by atoms with Gasteiger partial charge in [0.15, 0.2) is 11.6 Å². The highest BCUT2D eigenvalue weighted by atomic mass is 16.3. The van der Waals surface area contributed by atoms with E-state index in [1.54, 1.807) is 70.2 Å². The molecule has 10 nitrogen and oxygen atoms in total. The number of aliphatic hydroxyl groups is 4. The lowest BCUT2D eigenvalue weighted by atomic mass is 9.83. The van der Waals surface area contributed by atoms with Gasteiger partial charge < -0.3 is 30.8 Å². The van der Waals surface area contributed by atoms with E-state index in [2.05, 4.69) is 5.32 Å². The fourth-order valence-corrected chi connectivity index (χ4v) is 5.71. The molecule has 1 amide bonds. The molecule has 4 rings (SSSR count). The number of amides is 1. The first-order chi connectivity index (χ1) is 23.4. The van der Waals surface area contributed by atoms with Gasteiger partial charge in [-0.1, -0.05) is 75.5 Å². The maximum Gasteiger partial charge on any atom is 0.251 e. The highest BCUT2D eigenvalue weighted by molar-refractivity contribution is 6.30. The number of carbonyl (C=O) groups excluding carboxylic acids is 4. The number of rotatable bonds is 0. The van der Waals surface area contributed by atoms with Crippen LogP contribution in [0.25, 0.3) is 0 Å². The minimum atomic E-state index is -0.973. The quantitative estimate of drug-likeness (QED) is 0.207. The van der Waals surface area contributed by atoms with Crippen molar-refractivity contribution >= 4 is 23.3 Å². The van der Waals surface area contributed by atoms with Crippen LogP contribution in [0.15, 0.2) is 89.2 Å². The number of phenols is 1. The lowest BCUT2D eigenvalue weighted by molar-refractivity contribution is -0.116. The number of aryl methyl sites for hydroxylation is 1. The molecular formula is C40H49NO9. The van der Waals surface area contributed by atoms with Crippen LogP contribution in [0.3, 0.4) is 0 Å². The number of carbonyl (C=O) groups is 4. The Kier molecular flexibility index (Phi) is 13.9. The van der Waals surface area contributed by atoms with Gasteiger partial charge in [-0.2, -0.15) is 0 Å². The van der Waals surface area contributed by atoms with Crippen LogP contribution in [0.5, 0.6) is 5.75 Å². The molecule has 0 fully saturated rings. The Morgan fingerprint density at radius 3 is 2.12 bits per heavy atom. The Morgan fingerprint density at radius 1 is 0.760 bits per heavy atom. The van der Waals surface area contributed by atoms with Crippen molar-refractivity contribution in [2.45, 2.75) is 85.7 Å². The molecule has 1 aromatic rings. The molecule has 50 heavy (non-hydrogen) atoms. The van der Waals surface area contributed by atoms with Gasteiger partial charge in [0.05, 0.1) is 35.7 Å². The van der Waals surface area contributed by atoms with Crippen molar-refractivity contribution in [2.75, 3.05) is 0 Å². The minimum absolute atomic E-state index is 0.0843. The van der Waals surface area contributed by atoms with E-state index in [0.717, 1.165) is 6.08 Å². The molecule has 268 valence electrons. The number of Topliss-reactive ketones (excluding diaryl/α,β-unsaturated/α-hetero) is 2. The molecule has 4 bridgehead atoms. The topological polar surface area (TPSA) is 181 Å². The van der Waals surface area contributed by atoms with Gasteiger partial charge in [-0.05, 0) is 56.9 Å². The number of aromatic hydroxyl groups is 1. The van der Waals surface area contributed by atoms with E-state index < -0.39 is 65.3 Å². The van der Waals surface area contributed by atoms with E-state index >= 15 is 0 Å². The summed E-state index contributed by atoms with van der Waals surface area (Å²) in [5.74, 6) is -4.53. The van der Waals surface area contributed by atoms with Crippen molar-refractivity contribution < 1.29 is 44.7 Å². The van der Waals surface area contributed by atoms with E-state index in [1.807, 2.05) is 0 Å². The summed E-state index contributed by atoms with van der Waals surface area (Å²) in [6.45, 7) is 11.5. The molecule has 6 N–H and O–H groups in total. The SMILES string of the molecule is C/C1=C/C=C\C=C/[C@@H](C)[C@@H](O)C[C@H](O)/C(C)=C\C[C@H](O)/C=C\[C@H](C)[C@H](O)[C@@H](C)/C=C(/C)C(=O)c2c(O)c(C)cc3c2C(=O)C=C(NC1=O)C3=O. The molecule has 0 unspecified atom stereocenters. The average Bonchev–Trinajstić information content (AvgIpc) is 3.07.